The van der Waals surface area contributed by atoms with Crippen LogP contribution in [-0.2, 0) is 0 Å². The van der Waals surface area contributed by atoms with E-state index in [-0.39, 0.29) is 0 Å². The molecule has 2 aliphatic heterocycles. The molecule has 2 saturated heterocycles. The molecule has 0 unspecified atom stereocenters. The van der Waals surface area contributed by atoms with Gasteiger partial charge in [0, 0.05) is 70.6 Å². The first-order valence-electron chi connectivity index (χ1n) is 12.1. The Balaban J connectivity index is 1.34. The van der Waals surface area contributed by atoms with E-state index in [0.29, 0.717) is 6.04 Å². The quantitative estimate of drug-likeness (QED) is 0.370. The van der Waals surface area contributed by atoms with Crippen molar-refractivity contribution < 1.29 is 0 Å². The molecule has 2 fully saturated rings. The summed E-state index contributed by atoms with van der Waals surface area (Å²) in [7, 11) is 0. The fraction of sp³-hybridized carbons (Fsp3) is 0.708. The Morgan fingerprint density at radius 2 is 1.63 bits per heavy atom. The third kappa shape index (κ3) is 7.47. The Hall–Kier alpha value is -1.79. The lowest BCUT2D eigenvalue weighted by Gasteiger charge is -2.36. The van der Waals surface area contributed by atoms with Gasteiger partial charge in [0.2, 0.25) is 0 Å². The van der Waals surface area contributed by atoms with Crippen molar-refractivity contribution in [2.45, 2.75) is 45.6 Å². The molecule has 0 bridgehead atoms. The molecular weight excluding hydrogens is 372 g/mol. The van der Waals surface area contributed by atoms with Crippen LogP contribution in [0.4, 0.5) is 5.69 Å². The highest BCUT2D eigenvalue weighted by molar-refractivity contribution is 5.80. The first-order valence-corrected chi connectivity index (χ1v) is 12.1. The molecule has 2 N–H and O–H groups in total. The molecule has 1 aromatic carbocycles. The maximum Gasteiger partial charge on any atom is 0.191 e. The van der Waals surface area contributed by atoms with Crippen molar-refractivity contribution in [3.05, 3.63) is 30.3 Å². The summed E-state index contributed by atoms with van der Waals surface area (Å²) in [5, 5.41) is 7.11. The number of nitrogens with one attached hydrogen (secondary N) is 2. The summed E-state index contributed by atoms with van der Waals surface area (Å²) < 4.78 is 0. The van der Waals surface area contributed by atoms with Crippen molar-refractivity contribution in [2.24, 2.45) is 4.99 Å². The zero-order valence-electron chi connectivity index (χ0n) is 19.2. The van der Waals surface area contributed by atoms with Gasteiger partial charge in [0.15, 0.2) is 5.96 Å². The number of likely N-dealkylation sites (tertiary alicyclic amines) is 1. The van der Waals surface area contributed by atoms with Gasteiger partial charge in [-0.1, -0.05) is 25.1 Å². The monoisotopic (exact) mass is 414 g/mol. The van der Waals surface area contributed by atoms with E-state index < -0.39 is 0 Å². The number of piperidine rings is 1. The fourth-order valence-electron chi connectivity index (χ4n) is 4.48. The van der Waals surface area contributed by atoms with E-state index in [0.717, 1.165) is 58.2 Å². The van der Waals surface area contributed by atoms with E-state index in [1.807, 2.05) is 0 Å². The third-order valence-corrected chi connectivity index (χ3v) is 6.21. The van der Waals surface area contributed by atoms with Crippen LogP contribution in [0.25, 0.3) is 0 Å². The van der Waals surface area contributed by atoms with Crippen LogP contribution in [0.1, 0.15) is 39.5 Å². The van der Waals surface area contributed by atoms with E-state index in [2.05, 4.69) is 69.5 Å². The second-order valence-corrected chi connectivity index (χ2v) is 8.54. The van der Waals surface area contributed by atoms with Gasteiger partial charge >= 0.3 is 0 Å². The normalized spacial score (nSPS) is 19.8. The van der Waals surface area contributed by atoms with Gasteiger partial charge in [-0.3, -0.25) is 9.89 Å². The van der Waals surface area contributed by atoms with Gasteiger partial charge < -0.3 is 20.4 Å². The fourth-order valence-corrected chi connectivity index (χ4v) is 4.48. The molecule has 0 atom stereocenters. The van der Waals surface area contributed by atoms with E-state index in [1.54, 1.807) is 0 Å². The van der Waals surface area contributed by atoms with Crippen molar-refractivity contribution in [3.8, 4) is 0 Å². The SMILES string of the molecule is CCCN1CCC(NC(=NCCCN2CCN(c3ccccc3)CC2)NCC)CC1. The topological polar surface area (TPSA) is 46.1 Å². The first kappa shape index (κ1) is 22.9. The average molecular weight is 415 g/mol. The number of piperazine rings is 1. The van der Waals surface area contributed by atoms with Crippen LogP contribution in [0.15, 0.2) is 35.3 Å². The summed E-state index contributed by atoms with van der Waals surface area (Å²) in [5.74, 6) is 1.00. The number of aliphatic imine (C=N–C) groups is 1. The van der Waals surface area contributed by atoms with E-state index in [1.165, 1.54) is 44.6 Å². The summed E-state index contributed by atoms with van der Waals surface area (Å²) in [4.78, 5) is 12.5. The number of guanidine groups is 1. The van der Waals surface area contributed by atoms with Gasteiger partial charge in [0.1, 0.15) is 0 Å². The summed E-state index contributed by atoms with van der Waals surface area (Å²) in [6, 6.07) is 11.3. The van der Waals surface area contributed by atoms with Gasteiger partial charge in [-0.15, -0.1) is 0 Å². The number of para-hydroxylation sites is 1. The zero-order valence-corrected chi connectivity index (χ0v) is 19.2. The number of hydrogen-bond acceptors (Lipinski definition) is 4. The molecule has 0 spiro atoms. The van der Waals surface area contributed by atoms with Crippen LogP contribution in [0.2, 0.25) is 0 Å². The summed E-state index contributed by atoms with van der Waals surface area (Å²) in [5.41, 5.74) is 1.35. The minimum absolute atomic E-state index is 0.557. The zero-order chi connectivity index (χ0) is 21.0. The smallest absolute Gasteiger partial charge is 0.191 e. The summed E-state index contributed by atoms with van der Waals surface area (Å²) >= 11 is 0. The molecule has 0 radical (unpaired) electrons. The Kier molecular flexibility index (Phi) is 9.77. The Bertz CT molecular complexity index is 603. The standard InChI is InChI=1S/C24H42N6/c1-3-14-28-16-11-22(12-17-28)27-24(25-4-2)26-13-8-15-29-18-20-30(21-19-29)23-9-6-5-7-10-23/h5-7,9-10,22H,3-4,8,11-21H2,1-2H3,(H2,25,26,27). The van der Waals surface area contributed by atoms with Crippen LogP contribution < -0.4 is 15.5 Å². The van der Waals surface area contributed by atoms with Crippen LogP contribution in [0.3, 0.4) is 0 Å². The molecule has 0 aromatic heterocycles. The van der Waals surface area contributed by atoms with Crippen molar-refractivity contribution >= 4 is 11.6 Å². The molecule has 3 rings (SSSR count). The van der Waals surface area contributed by atoms with Gasteiger partial charge in [0.25, 0.3) is 0 Å². The number of rotatable bonds is 9. The molecule has 2 aliphatic rings. The lowest BCUT2D eigenvalue weighted by atomic mass is 10.1. The lowest BCUT2D eigenvalue weighted by Crippen LogP contribution is -2.49. The highest BCUT2D eigenvalue weighted by Gasteiger charge is 2.19. The summed E-state index contributed by atoms with van der Waals surface area (Å²) in [6.07, 6.45) is 4.81. The molecule has 0 aliphatic carbocycles. The van der Waals surface area contributed by atoms with Gasteiger partial charge in [-0.05, 0) is 51.3 Å². The van der Waals surface area contributed by atoms with Gasteiger partial charge in [0.05, 0.1) is 0 Å². The second-order valence-electron chi connectivity index (χ2n) is 8.54. The first-order chi connectivity index (χ1) is 14.8. The Labute approximate surface area is 183 Å². The van der Waals surface area contributed by atoms with Crippen molar-refractivity contribution in [1.82, 2.24) is 20.4 Å². The number of hydrogen-bond donors (Lipinski definition) is 2. The molecule has 0 saturated carbocycles. The second kappa shape index (κ2) is 12.8. The molecule has 6 heteroatoms. The predicted molar refractivity (Wildman–Crippen MR) is 129 cm³/mol. The minimum atomic E-state index is 0.557. The van der Waals surface area contributed by atoms with E-state index in [4.69, 9.17) is 4.99 Å². The van der Waals surface area contributed by atoms with Crippen LogP contribution in [0.5, 0.6) is 0 Å². The van der Waals surface area contributed by atoms with Crippen molar-refractivity contribution in [1.29, 1.82) is 0 Å². The largest absolute Gasteiger partial charge is 0.369 e. The Morgan fingerprint density at radius 3 is 2.30 bits per heavy atom. The molecule has 1 aromatic rings. The number of benzene rings is 1. The molecule has 168 valence electrons. The molecular formula is C24H42N6. The van der Waals surface area contributed by atoms with Crippen LogP contribution in [0, 0.1) is 0 Å². The average Bonchev–Trinajstić information content (AvgIpc) is 2.79. The van der Waals surface area contributed by atoms with Gasteiger partial charge in [-0.2, -0.15) is 0 Å². The molecule has 0 amide bonds. The molecule has 2 heterocycles. The van der Waals surface area contributed by atoms with E-state index in [9.17, 15) is 0 Å². The summed E-state index contributed by atoms with van der Waals surface area (Å²) in [6.45, 7) is 15.5. The van der Waals surface area contributed by atoms with Gasteiger partial charge in [-0.25, -0.2) is 0 Å². The highest BCUT2D eigenvalue weighted by atomic mass is 15.3. The van der Waals surface area contributed by atoms with E-state index >= 15 is 0 Å². The maximum absolute atomic E-state index is 4.85. The molecule has 30 heavy (non-hydrogen) atoms. The molecule has 6 nitrogen and oxygen atoms in total. The van der Waals surface area contributed by atoms with Crippen molar-refractivity contribution in [2.75, 3.05) is 70.3 Å². The van der Waals surface area contributed by atoms with Crippen LogP contribution >= 0.6 is 0 Å². The minimum Gasteiger partial charge on any atom is -0.369 e. The number of nitrogens with zero attached hydrogens (tertiary/aromatic N) is 4. The lowest BCUT2D eigenvalue weighted by molar-refractivity contribution is 0.206. The van der Waals surface area contributed by atoms with Crippen molar-refractivity contribution in [3.63, 3.8) is 0 Å². The maximum atomic E-state index is 4.85. The highest BCUT2D eigenvalue weighted by Crippen LogP contribution is 2.15. The van der Waals surface area contributed by atoms with Crippen LogP contribution in [-0.4, -0.2) is 87.2 Å². The number of anilines is 1. The third-order valence-electron chi connectivity index (χ3n) is 6.21. The Morgan fingerprint density at radius 1 is 0.933 bits per heavy atom. The predicted octanol–water partition coefficient (Wildman–Crippen LogP) is 2.63.